The summed E-state index contributed by atoms with van der Waals surface area (Å²) >= 11 is 0. The highest BCUT2D eigenvalue weighted by molar-refractivity contribution is 7.57. The monoisotopic (exact) mass is 391 g/mol. The van der Waals surface area contributed by atoms with Gasteiger partial charge in [-0.15, -0.1) is 0 Å². The van der Waals surface area contributed by atoms with Crippen molar-refractivity contribution in [3.63, 3.8) is 0 Å². The van der Waals surface area contributed by atoms with Crippen molar-refractivity contribution in [2.24, 2.45) is 0 Å². The lowest BCUT2D eigenvalue weighted by atomic mass is 10.2. The van der Waals surface area contributed by atoms with Crippen LogP contribution < -0.4 is 10.5 Å². The second-order valence-corrected chi connectivity index (χ2v) is 8.56. The lowest BCUT2D eigenvalue weighted by molar-refractivity contribution is 0.153. The quantitative estimate of drug-likeness (QED) is 0.437. The van der Waals surface area contributed by atoms with Gasteiger partial charge in [0.25, 0.3) is 0 Å². The second-order valence-electron chi connectivity index (χ2n) is 6.01. The number of imidazole rings is 1. The van der Waals surface area contributed by atoms with E-state index in [4.69, 9.17) is 19.7 Å². The minimum atomic E-state index is -2.85. The number of methoxy groups -OCH3 is 1. The van der Waals surface area contributed by atoms with Gasteiger partial charge in [-0.2, -0.15) is 9.97 Å². The van der Waals surface area contributed by atoms with Crippen LogP contribution in [0.5, 0.6) is 5.88 Å². The van der Waals surface area contributed by atoms with E-state index in [1.54, 1.807) is 17.6 Å². The number of hydrogen-bond acceptors (Lipinski definition) is 8. The predicted octanol–water partition coefficient (Wildman–Crippen LogP) is 2.52. The number of nitrogens with zero attached hydrogens (tertiary/aromatic N) is 4. The Morgan fingerprint density at radius 2 is 2.00 bits per heavy atom. The van der Waals surface area contributed by atoms with Crippen LogP contribution in [0.1, 0.15) is 5.56 Å². The Morgan fingerprint density at radius 1 is 1.22 bits per heavy atom. The maximum absolute atomic E-state index is 12.5. The van der Waals surface area contributed by atoms with E-state index in [-0.39, 0.29) is 12.3 Å². The molecule has 27 heavy (non-hydrogen) atoms. The molecule has 1 atom stereocenters. The van der Waals surface area contributed by atoms with E-state index in [1.165, 1.54) is 7.11 Å². The Labute approximate surface area is 156 Å². The van der Waals surface area contributed by atoms with Crippen LogP contribution in [0.4, 0.5) is 5.95 Å². The van der Waals surface area contributed by atoms with Crippen molar-refractivity contribution in [1.29, 1.82) is 0 Å². The van der Waals surface area contributed by atoms with Gasteiger partial charge < -0.3 is 24.3 Å². The van der Waals surface area contributed by atoms with Crippen molar-refractivity contribution < 1.29 is 18.6 Å². The van der Waals surface area contributed by atoms with Crippen molar-refractivity contribution in [3.05, 3.63) is 42.2 Å². The van der Waals surface area contributed by atoms with Crippen LogP contribution in [0.25, 0.3) is 11.2 Å². The van der Waals surface area contributed by atoms with Gasteiger partial charge in [-0.1, -0.05) is 30.3 Å². The van der Waals surface area contributed by atoms with Gasteiger partial charge in [-0.3, -0.25) is 4.57 Å². The molecule has 9 nitrogen and oxygen atoms in total. The third-order valence-electron chi connectivity index (χ3n) is 3.79. The zero-order valence-corrected chi connectivity index (χ0v) is 16.1. The summed E-state index contributed by atoms with van der Waals surface area (Å²) in [6.07, 6.45) is 1.65. The topological polar surface area (TPSA) is 114 Å². The summed E-state index contributed by atoms with van der Waals surface area (Å²) in [5.41, 5.74) is 7.75. The Morgan fingerprint density at radius 3 is 2.74 bits per heavy atom. The van der Waals surface area contributed by atoms with Gasteiger partial charge in [0.2, 0.25) is 19.2 Å². The summed E-state index contributed by atoms with van der Waals surface area (Å²) in [5.74, 6) is 0.430. The van der Waals surface area contributed by atoms with Crippen LogP contribution in [-0.2, 0) is 27.0 Å². The molecule has 0 radical (unpaired) electrons. The summed E-state index contributed by atoms with van der Waals surface area (Å²) in [5, 5.41) is 0. The number of hydrogen-bond donors (Lipinski definition) is 1. The van der Waals surface area contributed by atoms with E-state index in [0.29, 0.717) is 36.8 Å². The van der Waals surface area contributed by atoms with Crippen LogP contribution in [0.3, 0.4) is 0 Å². The Balaban J connectivity index is 1.52. The van der Waals surface area contributed by atoms with E-state index in [0.717, 1.165) is 5.56 Å². The normalized spacial score (nSPS) is 13.6. The number of anilines is 1. The summed E-state index contributed by atoms with van der Waals surface area (Å²) in [6, 6.07) is 9.60. The standard InChI is InChI=1S/C17H22N5O4P/c1-24-16-14-15(20-17(18)21-16)22(11-19-14)8-9-25-12-27(2,23)26-10-13-6-4-3-5-7-13/h3-7,11H,8-10,12H2,1-2H3,(H2,18,20,21). The number of aromatic nitrogens is 4. The van der Waals surface area contributed by atoms with Crippen molar-refractivity contribution in [3.8, 4) is 5.88 Å². The number of rotatable bonds is 9. The Bertz CT molecular complexity index is 947. The number of ether oxygens (including phenoxy) is 2. The third kappa shape index (κ3) is 5.03. The summed E-state index contributed by atoms with van der Waals surface area (Å²) < 4.78 is 30.5. The first-order valence-corrected chi connectivity index (χ1v) is 10.6. The van der Waals surface area contributed by atoms with Gasteiger partial charge in [-0.25, -0.2) is 4.98 Å². The van der Waals surface area contributed by atoms with Gasteiger partial charge >= 0.3 is 0 Å². The highest BCUT2D eigenvalue weighted by Crippen LogP contribution is 2.43. The smallest absolute Gasteiger partial charge is 0.246 e. The van der Waals surface area contributed by atoms with Gasteiger partial charge in [-0.05, 0) is 5.56 Å². The first-order chi connectivity index (χ1) is 13.0. The number of fused-ring (bicyclic) bond motifs is 1. The third-order valence-corrected chi connectivity index (χ3v) is 5.12. The Hall–Kier alpha value is -2.48. The van der Waals surface area contributed by atoms with E-state index < -0.39 is 7.37 Å². The summed E-state index contributed by atoms with van der Waals surface area (Å²) in [4.78, 5) is 12.4. The van der Waals surface area contributed by atoms with E-state index in [9.17, 15) is 4.57 Å². The van der Waals surface area contributed by atoms with E-state index in [2.05, 4.69) is 15.0 Å². The molecular weight excluding hydrogens is 369 g/mol. The SMILES string of the molecule is COc1nc(N)nc2c1ncn2CCOCP(C)(=O)OCc1ccccc1. The van der Waals surface area contributed by atoms with Crippen LogP contribution >= 0.6 is 7.37 Å². The van der Waals surface area contributed by atoms with Crippen molar-refractivity contribution in [2.75, 3.05) is 32.5 Å². The highest BCUT2D eigenvalue weighted by atomic mass is 31.2. The molecule has 2 aromatic heterocycles. The van der Waals surface area contributed by atoms with Gasteiger partial charge in [0.15, 0.2) is 11.2 Å². The molecule has 2 heterocycles. The fourth-order valence-corrected chi connectivity index (χ4v) is 3.41. The van der Waals surface area contributed by atoms with Crippen molar-refractivity contribution in [1.82, 2.24) is 19.5 Å². The molecule has 0 saturated carbocycles. The van der Waals surface area contributed by atoms with Crippen molar-refractivity contribution in [2.45, 2.75) is 13.2 Å². The molecule has 0 aliphatic heterocycles. The van der Waals surface area contributed by atoms with Crippen LogP contribution in [0, 0.1) is 0 Å². The van der Waals surface area contributed by atoms with Gasteiger partial charge in [0.1, 0.15) is 6.35 Å². The minimum absolute atomic E-state index is 0.0346. The molecule has 3 rings (SSSR count). The van der Waals surface area contributed by atoms with Crippen LogP contribution in [0.2, 0.25) is 0 Å². The molecule has 0 fully saturated rings. The fourth-order valence-electron chi connectivity index (χ4n) is 2.46. The zero-order chi connectivity index (χ0) is 19.3. The molecular formula is C17H22N5O4P. The molecule has 0 spiro atoms. The molecule has 0 bridgehead atoms. The first kappa shape index (κ1) is 19.3. The largest absolute Gasteiger partial charge is 0.479 e. The molecule has 144 valence electrons. The maximum Gasteiger partial charge on any atom is 0.246 e. The average Bonchev–Trinajstić information content (AvgIpc) is 3.06. The van der Waals surface area contributed by atoms with Crippen LogP contribution in [0.15, 0.2) is 36.7 Å². The van der Waals surface area contributed by atoms with Gasteiger partial charge in [0, 0.05) is 13.2 Å². The molecule has 0 aliphatic carbocycles. The predicted molar refractivity (Wildman–Crippen MR) is 102 cm³/mol. The molecule has 1 unspecified atom stereocenters. The second kappa shape index (κ2) is 8.47. The number of benzene rings is 1. The summed E-state index contributed by atoms with van der Waals surface area (Å²) in [6.45, 7) is 2.65. The van der Waals surface area contributed by atoms with E-state index >= 15 is 0 Å². The van der Waals surface area contributed by atoms with Crippen LogP contribution in [-0.4, -0.2) is 46.2 Å². The molecule has 0 saturated heterocycles. The fraction of sp³-hybridized carbons (Fsp3) is 0.353. The van der Waals surface area contributed by atoms with Gasteiger partial charge in [0.05, 0.1) is 26.7 Å². The minimum Gasteiger partial charge on any atom is -0.479 e. The molecule has 1 aromatic carbocycles. The summed E-state index contributed by atoms with van der Waals surface area (Å²) in [7, 11) is -1.35. The molecule has 2 N–H and O–H groups in total. The van der Waals surface area contributed by atoms with E-state index in [1.807, 2.05) is 30.3 Å². The molecule has 0 amide bonds. The Kier molecular flexibility index (Phi) is 6.05. The maximum atomic E-state index is 12.5. The highest BCUT2D eigenvalue weighted by Gasteiger charge is 2.17. The first-order valence-electron chi connectivity index (χ1n) is 8.33. The molecule has 3 aromatic rings. The lowest BCUT2D eigenvalue weighted by Gasteiger charge is -2.14. The molecule has 10 heteroatoms. The average molecular weight is 391 g/mol. The number of nitrogens with two attached hydrogens (primary N) is 1. The van der Waals surface area contributed by atoms with Crippen molar-refractivity contribution >= 4 is 24.5 Å². The molecule has 0 aliphatic rings. The zero-order valence-electron chi connectivity index (χ0n) is 15.2. The number of nitrogen functional groups attached to an aromatic ring is 1. The lowest BCUT2D eigenvalue weighted by Crippen LogP contribution is -2.08.